The number of carbonyl (C=O) groups excluding carboxylic acids is 2. The third kappa shape index (κ3) is 1.65. The summed E-state index contributed by atoms with van der Waals surface area (Å²) in [6.45, 7) is 0.231. The molecule has 0 N–H and O–H groups in total. The summed E-state index contributed by atoms with van der Waals surface area (Å²) in [6.07, 6.45) is 0. The van der Waals surface area contributed by atoms with Gasteiger partial charge in [-0.05, 0) is 23.6 Å². The molecule has 3 rings (SSSR count). The highest BCUT2D eigenvalue weighted by Crippen LogP contribution is 2.28. The van der Waals surface area contributed by atoms with Gasteiger partial charge < -0.3 is 0 Å². The van der Waals surface area contributed by atoms with Crippen LogP contribution in [0.4, 0.5) is 0 Å². The largest absolute Gasteiger partial charge is 0.270 e. The summed E-state index contributed by atoms with van der Waals surface area (Å²) in [6, 6.07) is 8.68. The predicted molar refractivity (Wildman–Crippen MR) is 70.0 cm³/mol. The molecular formula is C13H8ClNO2S. The Bertz CT molecular complexity index is 615. The van der Waals surface area contributed by atoms with Crippen molar-refractivity contribution >= 4 is 34.8 Å². The Kier molecular flexibility index (Phi) is 2.69. The minimum absolute atomic E-state index is 0.231. The molecule has 0 fully saturated rings. The number of thiophene rings is 1. The van der Waals surface area contributed by atoms with Crippen molar-refractivity contribution in [2.45, 2.75) is 6.54 Å². The molecule has 1 aliphatic heterocycles. The number of nitrogens with zero attached hydrogens (tertiary/aromatic N) is 1. The highest BCUT2D eigenvalue weighted by Gasteiger charge is 2.35. The lowest BCUT2D eigenvalue weighted by molar-refractivity contribution is 0.0642. The quantitative estimate of drug-likeness (QED) is 0.791. The molecule has 0 atom stereocenters. The van der Waals surface area contributed by atoms with E-state index >= 15 is 0 Å². The smallest absolute Gasteiger partial charge is 0.261 e. The van der Waals surface area contributed by atoms with Crippen LogP contribution in [0.15, 0.2) is 35.7 Å². The van der Waals surface area contributed by atoms with Crippen LogP contribution in [0.5, 0.6) is 0 Å². The van der Waals surface area contributed by atoms with Crippen molar-refractivity contribution in [3.63, 3.8) is 0 Å². The first-order valence-electron chi connectivity index (χ1n) is 5.35. The maximum absolute atomic E-state index is 12.1. The predicted octanol–water partition coefficient (Wildman–Crippen LogP) is 3.20. The van der Waals surface area contributed by atoms with Gasteiger partial charge in [0.05, 0.1) is 22.0 Å². The Morgan fingerprint density at radius 2 is 1.67 bits per heavy atom. The summed E-state index contributed by atoms with van der Waals surface area (Å²) >= 11 is 7.38. The second-order valence-corrected chi connectivity index (χ2v) is 5.48. The lowest BCUT2D eigenvalue weighted by Gasteiger charge is -2.12. The zero-order valence-corrected chi connectivity index (χ0v) is 10.8. The first-order valence-corrected chi connectivity index (χ1v) is 6.61. The molecule has 0 bridgehead atoms. The number of imide groups is 1. The molecule has 90 valence electrons. The SMILES string of the molecule is O=C1c2ccccc2C(=O)N1Cc1ccsc1Cl. The summed E-state index contributed by atoms with van der Waals surface area (Å²) in [5.74, 6) is -0.504. The van der Waals surface area contributed by atoms with E-state index in [-0.39, 0.29) is 18.4 Å². The highest BCUT2D eigenvalue weighted by atomic mass is 35.5. The van der Waals surface area contributed by atoms with Crippen molar-refractivity contribution in [1.82, 2.24) is 4.90 Å². The Morgan fingerprint density at radius 3 is 2.17 bits per heavy atom. The third-order valence-electron chi connectivity index (χ3n) is 2.90. The zero-order valence-electron chi connectivity index (χ0n) is 9.22. The number of amides is 2. The van der Waals surface area contributed by atoms with Crippen LogP contribution in [0.2, 0.25) is 4.34 Å². The Labute approximate surface area is 113 Å². The van der Waals surface area contributed by atoms with Crippen molar-refractivity contribution in [3.8, 4) is 0 Å². The molecule has 1 aromatic heterocycles. The van der Waals surface area contributed by atoms with Gasteiger partial charge in [0.1, 0.15) is 0 Å². The number of halogens is 1. The van der Waals surface area contributed by atoms with Gasteiger partial charge in [0.2, 0.25) is 0 Å². The van der Waals surface area contributed by atoms with E-state index in [9.17, 15) is 9.59 Å². The fraction of sp³-hybridized carbons (Fsp3) is 0.0769. The van der Waals surface area contributed by atoms with Crippen LogP contribution in [0.1, 0.15) is 26.3 Å². The molecule has 0 aliphatic carbocycles. The van der Waals surface area contributed by atoms with Crippen LogP contribution < -0.4 is 0 Å². The van der Waals surface area contributed by atoms with E-state index in [0.29, 0.717) is 15.5 Å². The van der Waals surface area contributed by atoms with E-state index in [0.717, 1.165) is 5.56 Å². The van der Waals surface area contributed by atoms with Gasteiger partial charge in [-0.2, -0.15) is 0 Å². The van der Waals surface area contributed by atoms with E-state index in [4.69, 9.17) is 11.6 Å². The molecule has 0 saturated heterocycles. The molecule has 2 aromatic rings. The molecule has 0 saturated carbocycles. The molecule has 1 aromatic carbocycles. The average molecular weight is 278 g/mol. The van der Waals surface area contributed by atoms with Gasteiger partial charge in [-0.3, -0.25) is 14.5 Å². The summed E-state index contributed by atoms with van der Waals surface area (Å²) in [4.78, 5) is 25.5. The summed E-state index contributed by atoms with van der Waals surface area (Å²) in [5, 5.41) is 1.84. The van der Waals surface area contributed by atoms with Crippen molar-refractivity contribution in [2.24, 2.45) is 0 Å². The number of benzene rings is 1. The monoisotopic (exact) mass is 277 g/mol. The van der Waals surface area contributed by atoms with Crippen molar-refractivity contribution in [2.75, 3.05) is 0 Å². The zero-order chi connectivity index (χ0) is 12.7. The number of fused-ring (bicyclic) bond motifs is 1. The lowest BCUT2D eigenvalue weighted by atomic mass is 10.1. The van der Waals surface area contributed by atoms with E-state index < -0.39 is 0 Å². The second kappa shape index (κ2) is 4.23. The molecule has 0 spiro atoms. The van der Waals surface area contributed by atoms with Gasteiger partial charge in [-0.25, -0.2) is 0 Å². The van der Waals surface area contributed by atoms with E-state index in [1.165, 1.54) is 16.2 Å². The lowest BCUT2D eigenvalue weighted by Crippen LogP contribution is -2.28. The van der Waals surface area contributed by atoms with E-state index in [2.05, 4.69) is 0 Å². The average Bonchev–Trinajstić information content (AvgIpc) is 2.89. The number of hydrogen-bond donors (Lipinski definition) is 0. The number of hydrogen-bond acceptors (Lipinski definition) is 3. The number of carbonyl (C=O) groups is 2. The summed E-state index contributed by atoms with van der Waals surface area (Å²) in [7, 11) is 0. The van der Waals surface area contributed by atoms with Gasteiger partial charge in [0.25, 0.3) is 11.8 Å². The first kappa shape index (κ1) is 11.4. The fourth-order valence-electron chi connectivity index (χ4n) is 1.99. The van der Waals surface area contributed by atoms with Crippen LogP contribution >= 0.6 is 22.9 Å². The molecule has 2 amide bonds. The minimum Gasteiger partial charge on any atom is -0.270 e. The Morgan fingerprint density at radius 1 is 1.06 bits per heavy atom. The maximum atomic E-state index is 12.1. The molecule has 1 aliphatic rings. The van der Waals surface area contributed by atoms with Gasteiger partial charge in [0, 0.05) is 5.56 Å². The molecule has 5 heteroatoms. The molecule has 0 unspecified atom stereocenters. The normalized spacial score (nSPS) is 14.2. The van der Waals surface area contributed by atoms with Gasteiger partial charge in [0.15, 0.2) is 0 Å². The van der Waals surface area contributed by atoms with Crippen LogP contribution in [0, 0.1) is 0 Å². The van der Waals surface area contributed by atoms with Crippen molar-refractivity contribution < 1.29 is 9.59 Å². The molecular weight excluding hydrogens is 270 g/mol. The second-order valence-electron chi connectivity index (χ2n) is 3.96. The Hall–Kier alpha value is -1.65. The van der Waals surface area contributed by atoms with Crippen LogP contribution in [-0.4, -0.2) is 16.7 Å². The van der Waals surface area contributed by atoms with Crippen molar-refractivity contribution in [3.05, 3.63) is 56.7 Å². The molecule has 3 nitrogen and oxygen atoms in total. The van der Waals surface area contributed by atoms with Gasteiger partial charge in [-0.15, -0.1) is 11.3 Å². The van der Waals surface area contributed by atoms with Crippen LogP contribution in [-0.2, 0) is 6.54 Å². The maximum Gasteiger partial charge on any atom is 0.261 e. The Balaban J connectivity index is 1.95. The highest BCUT2D eigenvalue weighted by molar-refractivity contribution is 7.14. The van der Waals surface area contributed by atoms with Crippen LogP contribution in [0.3, 0.4) is 0 Å². The fourth-order valence-corrected chi connectivity index (χ4v) is 2.90. The molecule has 18 heavy (non-hydrogen) atoms. The standard InChI is InChI=1S/C13H8ClNO2S/c14-11-8(5-6-18-11)7-15-12(16)9-3-1-2-4-10(9)13(15)17/h1-6H,7H2. The van der Waals surface area contributed by atoms with Gasteiger partial charge >= 0.3 is 0 Å². The first-order chi connectivity index (χ1) is 8.68. The minimum atomic E-state index is -0.252. The van der Waals surface area contributed by atoms with Gasteiger partial charge in [-0.1, -0.05) is 23.7 Å². The van der Waals surface area contributed by atoms with Crippen molar-refractivity contribution in [1.29, 1.82) is 0 Å². The molecule has 2 heterocycles. The van der Waals surface area contributed by atoms with E-state index in [1.54, 1.807) is 24.3 Å². The topological polar surface area (TPSA) is 37.4 Å². The summed E-state index contributed by atoms with van der Waals surface area (Å²) in [5.41, 5.74) is 1.74. The van der Waals surface area contributed by atoms with E-state index in [1.807, 2.05) is 11.4 Å². The summed E-state index contributed by atoms with van der Waals surface area (Å²) < 4.78 is 0.617. The molecule has 0 radical (unpaired) electrons. The van der Waals surface area contributed by atoms with Crippen LogP contribution in [0.25, 0.3) is 0 Å². The third-order valence-corrected chi connectivity index (χ3v) is 4.15. The number of rotatable bonds is 2.